The maximum atomic E-state index is 10.3. The standard InChI is InChI=1S/2C20H31NO.C10H18O4.C7H6O3/c2*1-18(2)17-11-12-19(18,3)20(15-17,22-14-13-21(4)5)16-9-7-6-8-10-16;11-9(12)7-5-3-1-2-4-6-8-10(13)14;8-6-4-2-1-3-5(6)7(9)10/h2*6-10,17H,11-15H2,1-5H3;1-8H2,(H,11,12)(H,13,14);1-4,8H,(H,9,10)/t2*17-,19-,20+;;/m11../s1. The van der Waals surface area contributed by atoms with E-state index in [0.29, 0.717) is 10.8 Å². The van der Waals surface area contributed by atoms with Gasteiger partial charge in [-0.1, -0.05) is 140 Å². The predicted octanol–water partition coefficient (Wildman–Crippen LogP) is 12.0. The molecule has 0 unspecified atom stereocenters. The Morgan fingerprint density at radius 3 is 1.18 bits per heavy atom. The Kier molecular flexibility index (Phi) is 20.3. The van der Waals surface area contributed by atoms with Crippen LogP contribution >= 0.6 is 0 Å². The molecule has 0 aromatic heterocycles. The molecule has 0 radical (unpaired) electrons. The smallest absolute Gasteiger partial charge is 0.339 e. The number of carboxylic acids is 3. The second-order valence-corrected chi connectivity index (χ2v) is 21.9. The molecule has 3 aromatic rings. The SMILES string of the molecule is CN(C)CCO[C@]1(c2ccccc2)C[C@H]2CC[C@]1(C)C2(C)C.CN(C)CCO[C@]1(c2ccccc2)C[C@H]2CC[C@]1(C)C2(C)C.O=C(O)CCCCCCCCC(=O)O.O=C(O)c1ccccc1O. The number of aromatic carboxylic acids is 1. The predicted molar refractivity (Wildman–Crippen MR) is 271 cm³/mol. The Hall–Kier alpha value is -4.29. The Balaban J connectivity index is 0.000000207. The van der Waals surface area contributed by atoms with Crippen molar-refractivity contribution in [2.24, 2.45) is 33.5 Å². The second-order valence-electron chi connectivity index (χ2n) is 21.9. The average molecular weight is 943 g/mol. The van der Waals surface area contributed by atoms with E-state index < -0.39 is 17.9 Å². The van der Waals surface area contributed by atoms with Gasteiger partial charge in [-0.15, -0.1) is 0 Å². The Morgan fingerprint density at radius 1 is 0.544 bits per heavy atom. The van der Waals surface area contributed by atoms with Gasteiger partial charge >= 0.3 is 17.9 Å². The zero-order valence-corrected chi connectivity index (χ0v) is 43.2. The van der Waals surface area contributed by atoms with E-state index in [4.69, 9.17) is 29.9 Å². The molecule has 3 aromatic carbocycles. The number of fused-ring (bicyclic) bond motifs is 4. The van der Waals surface area contributed by atoms with Crippen molar-refractivity contribution in [3.63, 3.8) is 0 Å². The van der Waals surface area contributed by atoms with Crippen LogP contribution in [0.15, 0.2) is 84.9 Å². The van der Waals surface area contributed by atoms with Crippen LogP contribution in [0.1, 0.15) is 153 Å². The van der Waals surface area contributed by atoms with Crippen molar-refractivity contribution < 1.29 is 44.3 Å². The summed E-state index contributed by atoms with van der Waals surface area (Å²) >= 11 is 0. The summed E-state index contributed by atoms with van der Waals surface area (Å²) in [5, 5.41) is 34.0. The number of nitrogens with zero attached hydrogens (tertiary/aromatic N) is 2. The van der Waals surface area contributed by atoms with Crippen LogP contribution in [0.3, 0.4) is 0 Å². The van der Waals surface area contributed by atoms with E-state index in [1.807, 2.05) is 0 Å². The lowest BCUT2D eigenvalue weighted by Gasteiger charge is -2.49. The number of aromatic hydroxyl groups is 1. The molecule has 68 heavy (non-hydrogen) atoms. The highest BCUT2D eigenvalue weighted by atomic mass is 16.5. The molecule has 11 nitrogen and oxygen atoms in total. The molecule has 6 atom stereocenters. The highest BCUT2D eigenvalue weighted by Gasteiger charge is 2.71. The number of likely N-dealkylation sites (N-methyl/N-ethyl adjacent to an activating group) is 2. The summed E-state index contributed by atoms with van der Waals surface area (Å²) in [7, 11) is 8.46. The zero-order valence-electron chi connectivity index (χ0n) is 43.2. The first-order chi connectivity index (χ1) is 32.0. The lowest BCUT2D eigenvalue weighted by molar-refractivity contribution is -0.148. The molecule has 4 N–H and O–H groups in total. The number of ether oxygens (including phenoxy) is 2. The third-order valence-electron chi connectivity index (χ3n) is 17.1. The fraction of sp³-hybridized carbons (Fsp3) is 0.632. The number of carbonyl (C=O) groups is 3. The Bertz CT molecular complexity index is 1920. The molecule has 4 bridgehead atoms. The van der Waals surface area contributed by atoms with Crippen LogP contribution in [-0.4, -0.2) is 103 Å². The van der Waals surface area contributed by atoms with Gasteiger partial charge in [-0.3, -0.25) is 9.59 Å². The first-order valence-electron chi connectivity index (χ1n) is 25.1. The number of carboxylic acid groups (broad SMARTS) is 3. The molecule has 378 valence electrons. The van der Waals surface area contributed by atoms with Gasteiger partial charge in [0.2, 0.25) is 0 Å². The molecule has 4 aliphatic carbocycles. The van der Waals surface area contributed by atoms with E-state index in [-0.39, 0.29) is 46.2 Å². The number of phenols is 1. The van der Waals surface area contributed by atoms with Crippen molar-refractivity contribution in [1.29, 1.82) is 0 Å². The van der Waals surface area contributed by atoms with Crippen molar-refractivity contribution >= 4 is 17.9 Å². The highest BCUT2D eigenvalue weighted by molar-refractivity contribution is 5.90. The highest BCUT2D eigenvalue weighted by Crippen LogP contribution is 2.75. The second kappa shape index (κ2) is 24.5. The summed E-state index contributed by atoms with van der Waals surface area (Å²) in [6.07, 6.45) is 13.4. The van der Waals surface area contributed by atoms with Crippen LogP contribution in [0.4, 0.5) is 0 Å². The quantitative estimate of drug-likeness (QED) is 0.0799. The van der Waals surface area contributed by atoms with Crippen molar-refractivity contribution in [1.82, 2.24) is 9.80 Å². The van der Waals surface area contributed by atoms with Gasteiger partial charge in [0.05, 0.1) is 24.4 Å². The van der Waals surface area contributed by atoms with Crippen molar-refractivity contribution in [2.45, 2.75) is 143 Å². The third kappa shape index (κ3) is 12.7. The molecule has 7 rings (SSSR count). The lowest BCUT2D eigenvalue weighted by Crippen LogP contribution is -2.47. The first-order valence-corrected chi connectivity index (χ1v) is 25.1. The summed E-state index contributed by atoms with van der Waals surface area (Å²) in [4.78, 5) is 35.0. The van der Waals surface area contributed by atoms with Crippen LogP contribution in [0.5, 0.6) is 5.75 Å². The molecule has 11 heteroatoms. The first kappa shape index (κ1) is 56.3. The molecule has 4 aliphatic rings. The number of unbranched alkanes of at least 4 members (excludes halogenated alkanes) is 5. The van der Waals surface area contributed by atoms with Crippen molar-refractivity contribution in [2.75, 3.05) is 54.5 Å². The number of aliphatic carboxylic acids is 2. The van der Waals surface area contributed by atoms with Crippen molar-refractivity contribution in [3.8, 4) is 5.75 Å². The maximum absolute atomic E-state index is 10.3. The van der Waals surface area contributed by atoms with Crippen LogP contribution in [0.2, 0.25) is 0 Å². The summed E-state index contributed by atoms with van der Waals surface area (Å²) in [5.74, 6) is -1.24. The van der Waals surface area contributed by atoms with Gasteiger partial charge in [0.15, 0.2) is 0 Å². The Morgan fingerprint density at radius 2 is 0.897 bits per heavy atom. The molecular formula is C57H86N2O9. The van der Waals surface area contributed by atoms with Gasteiger partial charge < -0.3 is 39.7 Å². The topological polar surface area (TPSA) is 157 Å². The molecule has 0 aliphatic heterocycles. The van der Waals surface area contributed by atoms with Gasteiger partial charge in [0, 0.05) is 36.8 Å². The number of para-hydroxylation sites is 1. The summed E-state index contributed by atoms with van der Waals surface area (Å²) in [6, 6.07) is 27.8. The van der Waals surface area contributed by atoms with Gasteiger partial charge in [0.1, 0.15) is 11.3 Å². The van der Waals surface area contributed by atoms with Crippen LogP contribution in [0, 0.1) is 33.5 Å². The number of hydrogen-bond acceptors (Lipinski definition) is 8. The van der Waals surface area contributed by atoms with Crippen LogP contribution in [-0.2, 0) is 30.3 Å². The largest absolute Gasteiger partial charge is 0.507 e. The molecule has 4 saturated carbocycles. The summed E-state index contributed by atoms with van der Waals surface area (Å²) in [6.45, 7) is 18.4. The maximum Gasteiger partial charge on any atom is 0.339 e. The van der Waals surface area contributed by atoms with E-state index in [0.717, 1.165) is 76.7 Å². The molecule has 0 saturated heterocycles. The fourth-order valence-corrected chi connectivity index (χ4v) is 12.1. The fourth-order valence-electron chi connectivity index (χ4n) is 12.1. The molecule has 0 amide bonds. The van der Waals surface area contributed by atoms with E-state index in [1.54, 1.807) is 12.1 Å². The van der Waals surface area contributed by atoms with E-state index in [1.165, 1.54) is 61.8 Å². The van der Waals surface area contributed by atoms with Gasteiger partial charge in [0.25, 0.3) is 0 Å². The minimum Gasteiger partial charge on any atom is -0.507 e. The lowest BCUT2D eigenvalue weighted by atomic mass is 9.62. The number of benzene rings is 3. The summed E-state index contributed by atoms with van der Waals surface area (Å²) < 4.78 is 13.4. The molecule has 0 heterocycles. The molecular weight excluding hydrogens is 857 g/mol. The Labute approximate surface area is 408 Å². The van der Waals surface area contributed by atoms with E-state index in [2.05, 4.69) is 140 Å². The van der Waals surface area contributed by atoms with Gasteiger partial charge in [-0.2, -0.15) is 0 Å². The minimum atomic E-state index is -1.11. The van der Waals surface area contributed by atoms with Crippen molar-refractivity contribution in [3.05, 3.63) is 102 Å². The third-order valence-corrected chi connectivity index (χ3v) is 17.1. The zero-order chi connectivity index (χ0) is 50.4. The van der Waals surface area contributed by atoms with Crippen LogP contribution in [0.25, 0.3) is 0 Å². The average Bonchev–Trinajstić information content (AvgIpc) is 3.79. The monoisotopic (exact) mass is 943 g/mol. The van der Waals surface area contributed by atoms with E-state index in [9.17, 15) is 14.4 Å². The number of hydrogen-bond donors (Lipinski definition) is 4. The van der Waals surface area contributed by atoms with Gasteiger partial charge in [-0.05, 0) is 125 Å². The van der Waals surface area contributed by atoms with Gasteiger partial charge in [-0.25, -0.2) is 4.79 Å². The number of rotatable bonds is 20. The van der Waals surface area contributed by atoms with Crippen LogP contribution < -0.4 is 0 Å². The minimum absolute atomic E-state index is 0.0671. The normalized spacial score (nSPS) is 26.8. The van der Waals surface area contributed by atoms with E-state index >= 15 is 0 Å². The summed E-state index contributed by atoms with van der Waals surface area (Å²) in [5.41, 5.74) is 3.60. The molecule has 0 spiro atoms. The molecule has 4 fully saturated rings.